The van der Waals surface area contributed by atoms with E-state index in [1.54, 1.807) is 6.07 Å². The van der Waals surface area contributed by atoms with Crippen LogP contribution in [0.3, 0.4) is 0 Å². The van der Waals surface area contributed by atoms with Crippen molar-refractivity contribution in [2.45, 2.75) is 57.6 Å². The summed E-state index contributed by atoms with van der Waals surface area (Å²) in [6.07, 6.45) is 4.76. The Morgan fingerprint density at radius 3 is 2.52 bits per heavy atom. The summed E-state index contributed by atoms with van der Waals surface area (Å²) in [7, 11) is 0. The molecule has 1 aromatic carbocycles. The van der Waals surface area contributed by atoms with E-state index in [4.69, 9.17) is 23.2 Å². The van der Waals surface area contributed by atoms with Crippen molar-refractivity contribution >= 4 is 23.2 Å². The Labute approximate surface area is 138 Å². The van der Waals surface area contributed by atoms with Crippen molar-refractivity contribution in [3.05, 3.63) is 33.8 Å². The lowest BCUT2D eigenvalue weighted by molar-refractivity contribution is -0.0328. The largest absolute Gasteiger partial charge is 0.391 e. The molecular weight excluding hydrogens is 305 g/mol. The molecule has 1 aliphatic heterocycles. The van der Waals surface area contributed by atoms with E-state index in [1.165, 1.54) is 19.3 Å². The quantitative estimate of drug-likeness (QED) is 0.856. The van der Waals surface area contributed by atoms with Gasteiger partial charge in [-0.25, -0.2) is 0 Å². The van der Waals surface area contributed by atoms with Gasteiger partial charge in [0, 0.05) is 12.0 Å². The molecule has 2 nitrogen and oxygen atoms in total. The van der Waals surface area contributed by atoms with E-state index < -0.39 is 6.10 Å². The zero-order chi connectivity index (χ0) is 15.5. The molecule has 21 heavy (non-hydrogen) atoms. The van der Waals surface area contributed by atoms with Gasteiger partial charge >= 0.3 is 0 Å². The van der Waals surface area contributed by atoms with Crippen LogP contribution in [0.5, 0.6) is 0 Å². The molecule has 0 radical (unpaired) electrons. The van der Waals surface area contributed by atoms with Gasteiger partial charge in [-0.3, -0.25) is 4.90 Å². The first-order valence-corrected chi connectivity index (χ1v) is 8.60. The maximum absolute atomic E-state index is 10.8. The van der Waals surface area contributed by atoms with Gasteiger partial charge in [0.05, 0.1) is 16.1 Å². The predicted molar refractivity (Wildman–Crippen MR) is 90.3 cm³/mol. The minimum Gasteiger partial charge on any atom is -0.391 e. The molecule has 1 aromatic rings. The van der Waals surface area contributed by atoms with Crippen LogP contribution >= 0.6 is 23.2 Å². The third-order valence-electron chi connectivity index (χ3n) is 4.96. The van der Waals surface area contributed by atoms with Gasteiger partial charge in [-0.2, -0.15) is 0 Å². The van der Waals surface area contributed by atoms with Gasteiger partial charge in [0.15, 0.2) is 0 Å². The van der Waals surface area contributed by atoms with Gasteiger partial charge in [-0.1, -0.05) is 48.7 Å². The lowest BCUT2D eigenvalue weighted by Gasteiger charge is -2.46. The van der Waals surface area contributed by atoms with Crippen LogP contribution in [-0.4, -0.2) is 34.7 Å². The number of hydrogen-bond donors (Lipinski definition) is 1. The molecule has 1 saturated heterocycles. The number of rotatable bonds is 5. The smallest absolute Gasteiger partial charge is 0.0761 e. The van der Waals surface area contributed by atoms with Crippen LogP contribution < -0.4 is 0 Å². The number of halogens is 2. The van der Waals surface area contributed by atoms with Crippen molar-refractivity contribution < 1.29 is 5.11 Å². The molecule has 0 aliphatic carbocycles. The Balaban J connectivity index is 2.15. The zero-order valence-electron chi connectivity index (χ0n) is 12.9. The minimum absolute atomic E-state index is 0.202. The van der Waals surface area contributed by atoms with Crippen LogP contribution in [0.1, 0.15) is 45.1 Å². The van der Waals surface area contributed by atoms with Crippen LogP contribution in [-0.2, 0) is 6.42 Å². The summed E-state index contributed by atoms with van der Waals surface area (Å²) in [6, 6.07) is 5.62. The zero-order valence-corrected chi connectivity index (χ0v) is 14.4. The summed E-state index contributed by atoms with van der Waals surface area (Å²) >= 11 is 12.3. The summed E-state index contributed by atoms with van der Waals surface area (Å²) < 4.78 is 0. The second-order valence-corrected chi connectivity index (χ2v) is 6.98. The molecule has 0 spiro atoms. The highest BCUT2D eigenvalue weighted by Crippen LogP contribution is 2.32. The number of aliphatic hydroxyl groups is 1. The van der Waals surface area contributed by atoms with Crippen molar-refractivity contribution in [3.8, 4) is 0 Å². The van der Waals surface area contributed by atoms with Crippen LogP contribution in [0, 0.1) is 0 Å². The first-order valence-electron chi connectivity index (χ1n) is 7.85. The lowest BCUT2D eigenvalue weighted by Crippen LogP contribution is -2.56. The van der Waals surface area contributed by atoms with Gasteiger partial charge in [0.1, 0.15) is 0 Å². The maximum Gasteiger partial charge on any atom is 0.0761 e. The topological polar surface area (TPSA) is 23.5 Å². The van der Waals surface area contributed by atoms with Crippen molar-refractivity contribution in [1.82, 2.24) is 4.90 Å². The molecule has 1 aliphatic rings. The van der Waals surface area contributed by atoms with Gasteiger partial charge in [-0.15, -0.1) is 0 Å². The lowest BCUT2D eigenvalue weighted by atomic mass is 9.84. The maximum atomic E-state index is 10.8. The van der Waals surface area contributed by atoms with E-state index in [1.807, 2.05) is 12.1 Å². The van der Waals surface area contributed by atoms with Crippen LogP contribution in [0.4, 0.5) is 0 Å². The van der Waals surface area contributed by atoms with Crippen molar-refractivity contribution in [3.63, 3.8) is 0 Å². The molecule has 0 saturated carbocycles. The molecule has 1 N–H and O–H groups in total. The molecule has 2 unspecified atom stereocenters. The summed E-state index contributed by atoms with van der Waals surface area (Å²) in [4.78, 5) is 2.44. The van der Waals surface area contributed by atoms with Crippen LogP contribution in [0.15, 0.2) is 18.2 Å². The number of aliphatic hydroxyl groups excluding tert-OH is 1. The third kappa shape index (κ3) is 3.73. The highest BCUT2D eigenvalue weighted by atomic mass is 35.5. The molecule has 4 heteroatoms. The summed E-state index contributed by atoms with van der Waals surface area (Å²) in [5.74, 6) is 0. The Morgan fingerprint density at radius 2 is 1.90 bits per heavy atom. The summed E-state index contributed by atoms with van der Waals surface area (Å²) in [5, 5.41) is 12.0. The van der Waals surface area contributed by atoms with E-state index >= 15 is 0 Å². The fourth-order valence-corrected chi connectivity index (χ4v) is 3.61. The second kappa shape index (κ2) is 7.32. The fourth-order valence-electron chi connectivity index (χ4n) is 3.21. The second-order valence-electron chi connectivity index (χ2n) is 6.19. The predicted octanol–water partition coefficient (Wildman–Crippen LogP) is 4.55. The molecule has 0 bridgehead atoms. The van der Waals surface area contributed by atoms with E-state index in [-0.39, 0.29) is 5.54 Å². The summed E-state index contributed by atoms with van der Waals surface area (Å²) in [5.41, 5.74) is 0.722. The molecular formula is C17H25Cl2NO. The number of piperidine rings is 1. The molecule has 0 aromatic heterocycles. The number of likely N-dealkylation sites (tertiary alicyclic amines) is 1. The first kappa shape index (κ1) is 17.1. The molecule has 1 heterocycles. The van der Waals surface area contributed by atoms with Crippen LogP contribution in [0.25, 0.3) is 0 Å². The first-order chi connectivity index (χ1) is 9.99. The Hall–Kier alpha value is -0.280. The van der Waals surface area contributed by atoms with Gasteiger partial charge < -0.3 is 5.11 Å². The van der Waals surface area contributed by atoms with Gasteiger partial charge in [-0.05, 0) is 50.9 Å². The van der Waals surface area contributed by atoms with E-state index in [2.05, 4.69) is 18.7 Å². The molecule has 1 fully saturated rings. The molecule has 2 rings (SSSR count). The molecule has 118 valence electrons. The summed E-state index contributed by atoms with van der Waals surface area (Å²) in [6.45, 7) is 6.47. The average Bonchev–Trinajstić information content (AvgIpc) is 2.51. The highest BCUT2D eigenvalue weighted by Gasteiger charge is 2.38. The monoisotopic (exact) mass is 329 g/mol. The minimum atomic E-state index is -0.448. The molecule has 0 amide bonds. The van der Waals surface area contributed by atoms with E-state index in [0.717, 1.165) is 25.1 Å². The van der Waals surface area contributed by atoms with E-state index in [9.17, 15) is 5.11 Å². The normalized spacial score (nSPS) is 21.0. The highest BCUT2D eigenvalue weighted by molar-refractivity contribution is 6.42. The number of nitrogens with zero attached hydrogens (tertiary/aromatic N) is 1. The standard InChI is InChI=1S/C17H25Cl2NO/c1-3-17(2,20-10-5-4-6-11-20)15(21)12-13-8-7-9-14(18)16(13)19/h7-9,15,21H,3-6,10-12H2,1-2H3. The van der Waals surface area contributed by atoms with Gasteiger partial charge in [0.2, 0.25) is 0 Å². The molecule has 2 atom stereocenters. The van der Waals surface area contributed by atoms with Crippen molar-refractivity contribution in [2.24, 2.45) is 0 Å². The van der Waals surface area contributed by atoms with Crippen molar-refractivity contribution in [2.75, 3.05) is 13.1 Å². The Kier molecular flexibility index (Phi) is 5.96. The number of benzene rings is 1. The number of hydrogen-bond acceptors (Lipinski definition) is 2. The third-order valence-corrected chi connectivity index (χ3v) is 5.82. The fraction of sp³-hybridized carbons (Fsp3) is 0.647. The van der Waals surface area contributed by atoms with E-state index in [0.29, 0.717) is 16.5 Å². The van der Waals surface area contributed by atoms with Crippen molar-refractivity contribution in [1.29, 1.82) is 0 Å². The Morgan fingerprint density at radius 1 is 1.24 bits per heavy atom. The Bertz CT molecular complexity index is 474. The van der Waals surface area contributed by atoms with Gasteiger partial charge in [0.25, 0.3) is 0 Å². The van der Waals surface area contributed by atoms with Crippen LogP contribution in [0.2, 0.25) is 10.0 Å². The SMILES string of the molecule is CCC(C)(C(O)Cc1cccc(Cl)c1Cl)N1CCCCC1. The average molecular weight is 330 g/mol.